The molecule has 0 heterocycles. The van der Waals surface area contributed by atoms with Crippen molar-refractivity contribution < 1.29 is 0 Å². The summed E-state index contributed by atoms with van der Waals surface area (Å²) in [5.41, 5.74) is 3.97. The number of hydrogen-bond donors (Lipinski definition) is 0. The van der Waals surface area contributed by atoms with Crippen molar-refractivity contribution in [3.63, 3.8) is 0 Å². The number of allylic oxidation sites excluding steroid dienone is 2. The van der Waals surface area contributed by atoms with Gasteiger partial charge >= 0.3 is 0 Å². The Kier molecular flexibility index (Phi) is 5.27. The Hall–Kier alpha value is -0.950. The molecule has 0 aliphatic heterocycles. The molecule has 0 bridgehead atoms. The molecule has 0 aliphatic rings. The van der Waals surface area contributed by atoms with Crippen molar-refractivity contribution in [3.8, 4) is 0 Å². The van der Waals surface area contributed by atoms with Crippen LogP contribution in [0.1, 0.15) is 24.5 Å². The third-order valence-electron chi connectivity index (χ3n) is 2.18. The lowest BCUT2D eigenvalue weighted by molar-refractivity contribution is 1.38. The Labute approximate surface area is 97.1 Å². The van der Waals surface area contributed by atoms with Crippen molar-refractivity contribution in [3.05, 3.63) is 53.5 Å². The van der Waals surface area contributed by atoms with Gasteiger partial charge in [-0.25, -0.2) is 0 Å². The van der Waals surface area contributed by atoms with E-state index in [1.54, 1.807) is 0 Å². The highest BCUT2D eigenvalue weighted by molar-refractivity contribution is 8.02. The van der Waals surface area contributed by atoms with Crippen molar-refractivity contribution in [2.45, 2.75) is 20.3 Å². The zero-order chi connectivity index (χ0) is 11.1. The van der Waals surface area contributed by atoms with E-state index in [1.807, 2.05) is 17.8 Å². The molecule has 1 heteroatoms. The average Bonchev–Trinajstić information content (AvgIpc) is 2.25. The van der Waals surface area contributed by atoms with Gasteiger partial charge in [0.05, 0.1) is 0 Å². The predicted octanol–water partition coefficient (Wildman–Crippen LogP) is 4.67. The van der Waals surface area contributed by atoms with Gasteiger partial charge in [-0.15, -0.1) is 18.3 Å². The first-order valence-corrected chi connectivity index (χ1v) is 6.31. The normalized spacial score (nSPS) is 11.5. The second-order valence-electron chi connectivity index (χ2n) is 3.46. The molecule has 0 saturated heterocycles. The van der Waals surface area contributed by atoms with Gasteiger partial charge in [0.2, 0.25) is 0 Å². The molecule has 0 amide bonds. The van der Waals surface area contributed by atoms with E-state index in [2.05, 4.69) is 50.1 Å². The molecule has 80 valence electrons. The Bertz CT molecular complexity index is 333. The van der Waals surface area contributed by atoms with Crippen molar-refractivity contribution in [2.75, 3.05) is 5.75 Å². The Morgan fingerprint density at radius 2 is 2.00 bits per heavy atom. The third-order valence-corrected chi connectivity index (χ3v) is 2.96. The van der Waals surface area contributed by atoms with E-state index >= 15 is 0 Å². The molecular weight excluding hydrogens is 200 g/mol. The minimum atomic E-state index is 0.941. The summed E-state index contributed by atoms with van der Waals surface area (Å²) in [6.07, 6.45) is 2.90. The molecule has 15 heavy (non-hydrogen) atoms. The maximum Gasteiger partial charge on any atom is -0.00543 e. The molecule has 1 aromatic carbocycles. The molecule has 0 aromatic heterocycles. The van der Waals surface area contributed by atoms with Crippen molar-refractivity contribution in [1.29, 1.82) is 0 Å². The minimum absolute atomic E-state index is 0.941. The van der Waals surface area contributed by atoms with Gasteiger partial charge in [0, 0.05) is 0 Å². The lowest BCUT2D eigenvalue weighted by Gasteiger charge is -2.05. The highest BCUT2D eigenvalue weighted by Crippen LogP contribution is 2.22. The average molecular weight is 218 g/mol. The van der Waals surface area contributed by atoms with Gasteiger partial charge in [-0.3, -0.25) is 0 Å². The summed E-state index contributed by atoms with van der Waals surface area (Å²) in [6.45, 7) is 8.08. The van der Waals surface area contributed by atoms with Crippen LogP contribution in [0.15, 0.2) is 42.3 Å². The van der Waals surface area contributed by atoms with Gasteiger partial charge in [-0.2, -0.15) is 0 Å². The molecule has 1 aromatic rings. The minimum Gasteiger partial charge on any atom is -0.134 e. The molecule has 0 fully saturated rings. The lowest BCUT2D eigenvalue weighted by Crippen LogP contribution is -1.83. The van der Waals surface area contributed by atoms with Crippen LogP contribution < -0.4 is 0 Å². The van der Waals surface area contributed by atoms with E-state index in [0.717, 1.165) is 12.2 Å². The number of hydrogen-bond acceptors (Lipinski definition) is 1. The largest absolute Gasteiger partial charge is 0.134 e. The maximum absolute atomic E-state index is 3.80. The SMILES string of the molecule is C=CC/C(=C/SCC)c1ccc(C)cc1. The molecule has 0 spiro atoms. The van der Waals surface area contributed by atoms with Crippen LogP contribution >= 0.6 is 11.8 Å². The molecule has 0 radical (unpaired) electrons. The summed E-state index contributed by atoms with van der Waals surface area (Å²) in [5, 5.41) is 2.24. The van der Waals surface area contributed by atoms with Crippen molar-refractivity contribution in [2.24, 2.45) is 0 Å². The standard InChI is InChI=1S/C14H18S/c1-4-6-14(11-15-5-2)13-9-7-12(3)8-10-13/h4,7-11H,1,5-6H2,2-3H3/b14-11-. The molecule has 0 saturated carbocycles. The number of benzene rings is 1. The summed E-state index contributed by atoms with van der Waals surface area (Å²) in [6, 6.07) is 8.67. The molecule has 1 rings (SSSR count). The van der Waals surface area contributed by atoms with Crippen LogP contribution in [-0.4, -0.2) is 5.75 Å². The number of aryl methyl sites for hydroxylation is 1. The molecule has 0 nitrogen and oxygen atoms in total. The zero-order valence-electron chi connectivity index (χ0n) is 9.49. The third kappa shape index (κ3) is 3.96. The van der Waals surface area contributed by atoms with Gasteiger partial charge in [-0.1, -0.05) is 42.8 Å². The fourth-order valence-corrected chi connectivity index (χ4v) is 1.94. The second-order valence-corrected chi connectivity index (χ2v) is 4.60. The molecular formula is C14H18S. The topological polar surface area (TPSA) is 0 Å². The maximum atomic E-state index is 3.80. The van der Waals surface area contributed by atoms with E-state index in [4.69, 9.17) is 0 Å². The highest BCUT2D eigenvalue weighted by atomic mass is 32.2. The first-order chi connectivity index (χ1) is 7.27. The molecule has 0 aliphatic carbocycles. The smallest absolute Gasteiger partial charge is 0.00543 e. The van der Waals surface area contributed by atoms with E-state index in [0.29, 0.717) is 0 Å². The highest BCUT2D eigenvalue weighted by Gasteiger charge is 1.98. The fourth-order valence-electron chi connectivity index (χ4n) is 1.34. The monoisotopic (exact) mass is 218 g/mol. The van der Waals surface area contributed by atoms with Crippen LogP contribution in [0.2, 0.25) is 0 Å². The van der Waals surface area contributed by atoms with Crippen molar-refractivity contribution >= 4 is 17.3 Å². The van der Waals surface area contributed by atoms with Gasteiger partial charge in [0.25, 0.3) is 0 Å². The van der Waals surface area contributed by atoms with Gasteiger partial charge in [-0.05, 0) is 35.6 Å². The predicted molar refractivity (Wildman–Crippen MR) is 72.1 cm³/mol. The van der Waals surface area contributed by atoms with Gasteiger partial charge in [0.1, 0.15) is 0 Å². The Morgan fingerprint density at radius 3 is 2.53 bits per heavy atom. The van der Waals surface area contributed by atoms with Crippen LogP contribution in [0, 0.1) is 6.92 Å². The van der Waals surface area contributed by atoms with E-state index in [9.17, 15) is 0 Å². The first kappa shape index (κ1) is 12.1. The quantitative estimate of drug-likeness (QED) is 0.647. The van der Waals surface area contributed by atoms with E-state index in [1.165, 1.54) is 16.7 Å². The Balaban J connectivity index is 2.88. The van der Waals surface area contributed by atoms with Crippen LogP contribution in [0.5, 0.6) is 0 Å². The van der Waals surface area contributed by atoms with E-state index in [-0.39, 0.29) is 0 Å². The summed E-state index contributed by atoms with van der Waals surface area (Å²) < 4.78 is 0. The molecule has 0 unspecified atom stereocenters. The fraction of sp³-hybridized carbons (Fsp3) is 0.286. The number of rotatable bonds is 5. The van der Waals surface area contributed by atoms with Gasteiger partial charge in [0.15, 0.2) is 0 Å². The molecule has 0 N–H and O–H groups in total. The summed E-state index contributed by atoms with van der Waals surface area (Å²) >= 11 is 1.85. The van der Waals surface area contributed by atoms with Crippen LogP contribution in [0.4, 0.5) is 0 Å². The van der Waals surface area contributed by atoms with E-state index < -0.39 is 0 Å². The second kappa shape index (κ2) is 6.52. The Morgan fingerprint density at radius 1 is 1.33 bits per heavy atom. The van der Waals surface area contributed by atoms with Crippen molar-refractivity contribution in [1.82, 2.24) is 0 Å². The summed E-state index contributed by atoms with van der Waals surface area (Å²) in [7, 11) is 0. The number of thioether (sulfide) groups is 1. The lowest BCUT2D eigenvalue weighted by atomic mass is 10.0. The summed E-state index contributed by atoms with van der Waals surface area (Å²) in [4.78, 5) is 0. The summed E-state index contributed by atoms with van der Waals surface area (Å²) in [5.74, 6) is 1.12. The first-order valence-electron chi connectivity index (χ1n) is 5.26. The van der Waals surface area contributed by atoms with Gasteiger partial charge < -0.3 is 0 Å². The van der Waals surface area contributed by atoms with Crippen LogP contribution in [0.25, 0.3) is 5.57 Å². The van der Waals surface area contributed by atoms with Crippen LogP contribution in [0.3, 0.4) is 0 Å². The molecule has 0 atom stereocenters. The van der Waals surface area contributed by atoms with Crippen LogP contribution in [-0.2, 0) is 0 Å². The zero-order valence-corrected chi connectivity index (χ0v) is 10.3.